The normalized spacial score (nSPS) is 21.0. The van der Waals surface area contributed by atoms with Gasteiger partial charge in [-0.2, -0.15) is 0 Å². The second-order valence-electron chi connectivity index (χ2n) is 12.0. The molecule has 3 fully saturated rings. The number of ether oxygens (including phenoxy) is 1. The van der Waals surface area contributed by atoms with Crippen molar-refractivity contribution in [2.75, 3.05) is 67.3 Å². The molecule has 0 radical (unpaired) electrons. The summed E-state index contributed by atoms with van der Waals surface area (Å²) < 4.78 is 5.79. The van der Waals surface area contributed by atoms with Crippen molar-refractivity contribution in [2.45, 2.75) is 51.4 Å². The molecular formula is C32H42N8O2. The maximum atomic E-state index is 12.7. The average molecular weight is 571 g/mol. The van der Waals surface area contributed by atoms with E-state index in [0.717, 1.165) is 81.7 Å². The minimum Gasteiger partial charge on any atom is -0.377 e. The van der Waals surface area contributed by atoms with Crippen LogP contribution in [0.1, 0.15) is 32.3 Å². The Bertz CT molecular complexity index is 1340. The molecule has 2 bridgehead atoms. The first-order chi connectivity index (χ1) is 20.4. The average Bonchev–Trinajstić information content (AvgIpc) is 3.23. The van der Waals surface area contributed by atoms with Crippen LogP contribution in [0.4, 0.5) is 27.8 Å². The second kappa shape index (κ2) is 12.6. The van der Waals surface area contributed by atoms with Crippen LogP contribution in [0.15, 0.2) is 54.6 Å². The third-order valence-corrected chi connectivity index (χ3v) is 8.27. The van der Waals surface area contributed by atoms with E-state index in [-0.39, 0.29) is 12.1 Å². The fraction of sp³-hybridized carbons (Fsp3) is 0.469. The number of rotatable bonds is 8. The van der Waals surface area contributed by atoms with E-state index in [1.165, 1.54) is 5.56 Å². The summed E-state index contributed by atoms with van der Waals surface area (Å²) in [6, 6.07) is 18.5. The number of piperazine rings is 1. The Morgan fingerprint density at radius 2 is 1.52 bits per heavy atom. The molecule has 3 aromatic rings. The van der Waals surface area contributed by atoms with Gasteiger partial charge in [-0.1, -0.05) is 12.1 Å². The van der Waals surface area contributed by atoms with Crippen molar-refractivity contribution < 1.29 is 9.53 Å². The van der Waals surface area contributed by atoms with Gasteiger partial charge in [-0.15, -0.1) is 0 Å². The van der Waals surface area contributed by atoms with Crippen LogP contribution in [0.3, 0.4) is 0 Å². The molecule has 3 aliphatic heterocycles. The van der Waals surface area contributed by atoms with Gasteiger partial charge in [0.25, 0.3) is 0 Å². The van der Waals surface area contributed by atoms with Crippen molar-refractivity contribution in [3.63, 3.8) is 0 Å². The number of carbonyl (C=O) groups is 1. The van der Waals surface area contributed by atoms with Crippen molar-refractivity contribution in [3.05, 3.63) is 60.2 Å². The predicted octanol–water partition coefficient (Wildman–Crippen LogP) is 4.72. The molecule has 6 rings (SSSR count). The van der Waals surface area contributed by atoms with E-state index in [1.807, 2.05) is 36.4 Å². The van der Waals surface area contributed by atoms with Gasteiger partial charge in [-0.3, -0.25) is 4.90 Å². The van der Waals surface area contributed by atoms with Crippen molar-refractivity contribution in [2.24, 2.45) is 0 Å². The molecule has 42 heavy (non-hydrogen) atoms. The highest BCUT2D eigenvalue weighted by atomic mass is 16.5. The first-order valence-electron chi connectivity index (χ1n) is 15.1. The van der Waals surface area contributed by atoms with E-state index in [9.17, 15) is 4.79 Å². The Balaban J connectivity index is 1.09. The van der Waals surface area contributed by atoms with Crippen LogP contribution >= 0.6 is 0 Å². The number of hydrogen-bond donors (Lipinski definition) is 3. The minimum absolute atomic E-state index is 0.250. The molecule has 2 atom stereocenters. The van der Waals surface area contributed by atoms with Crippen LogP contribution in [0, 0.1) is 0 Å². The maximum Gasteiger partial charge on any atom is 0.323 e. The third-order valence-electron chi connectivity index (χ3n) is 8.27. The van der Waals surface area contributed by atoms with Crippen LogP contribution in [-0.2, 0) is 11.3 Å². The lowest BCUT2D eigenvalue weighted by atomic mass is 10.1. The quantitative estimate of drug-likeness (QED) is 0.358. The van der Waals surface area contributed by atoms with Crippen molar-refractivity contribution >= 4 is 29.0 Å². The summed E-state index contributed by atoms with van der Waals surface area (Å²) in [4.78, 5) is 29.8. The SMILES string of the molecule is CC(C)Nc1cc(N2C3CCC2COC3)nc(-c2ccc(NC(=O)Nc3ccc(CN4CCN(C)CC4)cc3)cc2)n1. The third kappa shape index (κ3) is 6.83. The summed E-state index contributed by atoms with van der Waals surface area (Å²) in [7, 11) is 2.17. The fourth-order valence-electron chi connectivity index (χ4n) is 6.02. The highest BCUT2D eigenvalue weighted by molar-refractivity contribution is 5.99. The molecule has 222 valence electrons. The predicted molar refractivity (Wildman–Crippen MR) is 168 cm³/mol. The fourth-order valence-corrected chi connectivity index (χ4v) is 6.02. The summed E-state index contributed by atoms with van der Waals surface area (Å²) in [6.45, 7) is 11.0. The van der Waals surface area contributed by atoms with Gasteiger partial charge in [0.05, 0.1) is 25.3 Å². The van der Waals surface area contributed by atoms with Gasteiger partial charge in [-0.05, 0) is 75.7 Å². The number of amides is 2. The molecule has 2 aromatic carbocycles. The molecule has 3 aliphatic rings. The molecule has 3 saturated heterocycles. The molecular weight excluding hydrogens is 528 g/mol. The molecule has 10 heteroatoms. The number of anilines is 4. The first kappa shape index (κ1) is 28.4. The zero-order chi connectivity index (χ0) is 29.1. The number of nitrogens with one attached hydrogen (secondary N) is 3. The summed E-state index contributed by atoms with van der Waals surface area (Å²) >= 11 is 0. The Kier molecular flexibility index (Phi) is 8.55. The molecule has 0 aliphatic carbocycles. The number of likely N-dealkylation sites (N-methyl/N-ethyl adjacent to an activating group) is 1. The summed E-state index contributed by atoms with van der Waals surface area (Å²) in [5, 5.41) is 9.33. The number of morpholine rings is 1. The van der Waals surface area contributed by atoms with E-state index in [0.29, 0.717) is 23.6 Å². The summed E-state index contributed by atoms with van der Waals surface area (Å²) in [5.74, 6) is 2.41. The van der Waals surface area contributed by atoms with Crippen molar-refractivity contribution in [3.8, 4) is 11.4 Å². The van der Waals surface area contributed by atoms with Crippen LogP contribution in [-0.4, -0.2) is 90.4 Å². The largest absolute Gasteiger partial charge is 0.377 e. The van der Waals surface area contributed by atoms with Crippen LogP contribution in [0.5, 0.6) is 0 Å². The number of aromatic nitrogens is 2. The van der Waals surface area contributed by atoms with Crippen LogP contribution < -0.4 is 20.9 Å². The smallest absolute Gasteiger partial charge is 0.323 e. The number of hydrogen-bond acceptors (Lipinski definition) is 8. The Labute approximate surface area is 248 Å². The lowest BCUT2D eigenvalue weighted by Crippen LogP contribution is -2.46. The lowest BCUT2D eigenvalue weighted by Gasteiger charge is -2.36. The van der Waals surface area contributed by atoms with E-state index in [1.54, 1.807) is 0 Å². The molecule has 2 unspecified atom stereocenters. The molecule has 1 aromatic heterocycles. The number of carbonyl (C=O) groups excluding carboxylic acids is 1. The van der Waals surface area contributed by atoms with Gasteiger partial charge < -0.3 is 30.5 Å². The van der Waals surface area contributed by atoms with Crippen LogP contribution in [0.25, 0.3) is 11.4 Å². The standard InChI is InChI=1S/C32H42N8O2/c1-22(2)33-29-18-30(40-27-12-13-28(40)21-42-20-27)37-31(36-29)24-6-10-26(11-7-24)35-32(41)34-25-8-4-23(5-9-25)19-39-16-14-38(3)15-17-39/h4-11,18,22,27-28H,12-17,19-21H2,1-3H3,(H,33,36,37)(H2,34,35,41). The summed E-state index contributed by atoms with van der Waals surface area (Å²) in [6.07, 6.45) is 2.25. The number of nitrogens with zero attached hydrogens (tertiary/aromatic N) is 5. The lowest BCUT2D eigenvalue weighted by molar-refractivity contribution is 0.0902. The number of fused-ring (bicyclic) bond motifs is 2. The monoisotopic (exact) mass is 570 g/mol. The molecule has 0 spiro atoms. The Morgan fingerprint density at radius 1 is 0.905 bits per heavy atom. The van der Waals surface area contributed by atoms with Crippen molar-refractivity contribution in [1.29, 1.82) is 0 Å². The topological polar surface area (TPSA) is 97.9 Å². The number of urea groups is 1. The Hall–Kier alpha value is -3.73. The second-order valence-corrected chi connectivity index (χ2v) is 12.0. The van der Waals surface area contributed by atoms with E-state index < -0.39 is 0 Å². The molecule has 10 nitrogen and oxygen atoms in total. The van der Waals surface area contributed by atoms with E-state index in [4.69, 9.17) is 14.7 Å². The van der Waals surface area contributed by atoms with E-state index in [2.05, 4.69) is 69.7 Å². The highest BCUT2D eigenvalue weighted by Gasteiger charge is 2.38. The minimum atomic E-state index is -0.279. The molecule has 0 saturated carbocycles. The van der Waals surface area contributed by atoms with Crippen LogP contribution in [0.2, 0.25) is 0 Å². The highest BCUT2D eigenvalue weighted by Crippen LogP contribution is 2.35. The van der Waals surface area contributed by atoms with Gasteiger partial charge in [-0.25, -0.2) is 14.8 Å². The zero-order valence-corrected chi connectivity index (χ0v) is 24.8. The maximum absolute atomic E-state index is 12.7. The van der Waals surface area contributed by atoms with E-state index >= 15 is 0 Å². The first-order valence-corrected chi connectivity index (χ1v) is 15.1. The Morgan fingerprint density at radius 3 is 2.14 bits per heavy atom. The molecule has 3 N–H and O–H groups in total. The van der Waals surface area contributed by atoms with Gasteiger partial charge >= 0.3 is 6.03 Å². The number of benzene rings is 2. The summed E-state index contributed by atoms with van der Waals surface area (Å²) in [5.41, 5.74) is 3.61. The molecule has 2 amide bonds. The van der Waals surface area contributed by atoms with Gasteiger partial charge in [0.2, 0.25) is 0 Å². The molecule has 4 heterocycles. The van der Waals surface area contributed by atoms with Crippen molar-refractivity contribution in [1.82, 2.24) is 19.8 Å². The van der Waals surface area contributed by atoms with Gasteiger partial charge in [0, 0.05) is 61.8 Å². The zero-order valence-electron chi connectivity index (χ0n) is 24.8. The van der Waals surface area contributed by atoms with Gasteiger partial charge in [0.15, 0.2) is 5.82 Å². The van der Waals surface area contributed by atoms with Gasteiger partial charge in [0.1, 0.15) is 11.6 Å².